The molecule has 0 aliphatic heterocycles. The number of carbonyl (C=O) groups excluding carboxylic acids is 1. The molecule has 1 aromatic carbocycles. The highest BCUT2D eigenvalue weighted by Gasteiger charge is 2.16. The summed E-state index contributed by atoms with van der Waals surface area (Å²) in [6, 6.07) is 9.46. The van der Waals surface area contributed by atoms with Gasteiger partial charge in [0.1, 0.15) is 5.69 Å². The van der Waals surface area contributed by atoms with Crippen molar-refractivity contribution in [2.75, 3.05) is 5.88 Å². The predicted molar refractivity (Wildman–Crippen MR) is 70.6 cm³/mol. The molecule has 94 valence electrons. The fraction of sp³-hybridized carbons (Fsp3) is 0.231. The van der Waals surface area contributed by atoms with Gasteiger partial charge in [-0.3, -0.25) is 4.79 Å². The van der Waals surface area contributed by atoms with Gasteiger partial charge < -0.3 is 9.88 Å². The summed E-state index contributed by atoms with van der Waals surface area (Å²) in [4.78, 5) is 16.0. The number of halogens is 1. The van der Waals surface area contributed by atoms with Gasteiger partial charge in [0.05, 0.1) is 18.6 Å². The average molecular weight is 264 g/mol. The van der Waals surface area contributed by atoms with Crippen LogP contribution in [0.2, 0.25) is 0 Å². The number of aromatic nitrogens is 2. The van der Waals surface area contributed by atoms with Crippen LogP contribution in [0.1, 0.15) is 22.1 Å². The monoisotopic (exact) mass is 263 g/mol. The van der Waals surface area contributed by atoms with Crippen molar-refractivity contribution in [3.05, 3.63) is 54.1 Å². The number of carbonyl (C=O) groups is 1. The van der Waals surface area contributed by atoms with Gasteiger partial charge in [-0.25, -0.2) is 4.98 Å². The first-order chi connectivity index (χ1) is 8.72. The molecule has 2 aromatic rings. The lowest BCUT2D eigenvalue weighted by Gasteiger charge is -2.16. The normalized spacial score (nSPS) is 12.1. The van der Waals surface area contributed by atoms with Crippen molar-refractivity contribution in [2.45, 2.75) is 6.04 Å². The maximum atomic E-state index is 12.0. The molecule has 0 aliphatic rings. The second-order valence-corrected chi connectivity index (χ2v) is 4.29. The van der Waals surface area contributed by atoms with E-state index >= 15 is 0 Å². The van der Waals surface area contributed by atoms with Crippen LogP contribution in [-0.4, -0.2) is 21.3 Å². The zero-order valence-electron chi connectivity index (χ0n) is 10.0. The van der Waals surface area contributed by atoms with Crippen molar-refractivity contribution in [3.63, 3.8) is 0 Å². The van der Waals surface area contributed by atoms with Gasteiger partial charge >= 0.3 is 0 Å². The first kappa shape index (κ1) is 12.6. The summed E-state index contributed by atoms with van der Waals surface area (Å²) in [5.41, 5.74) is 1.50. The molecule has 1 N–H and O–H groups in total. The quantitative estimate of drug-likeness (QED) is 0.859. The molecular formula is C13H14ClN3O. The molecule has 0 spiro atoms. The first-order valence-electron chi connectivity index (χ1n) is 5.60. The van der Waals surface area contributed by atoms with Crippen LogP contribution in [0.3, 0.4) is 0 Å². The highest BCUT2D eigenvalue weighted by molar-refractivity contribution is 6.18. The molecule has 0 saturated heterocycles. The van der Waals surface area contributed by atoms with Crippen molar-refractivity contribution in [2.24, 2.45) is 7.05 Å². The largest absolute Gasteiger partial charge is 0.343 e. The molecule has 4 nitrogen and oxygen atoms in total. The van der Waals surface area contributed by atoms with Gasteiger partial charge in [-0.05, 0) is 5.56 Å². The second-order valence-electron chi connectivity index (χ2n) is 3.98. The van der Waals surface area contributed by atoms with Crippen molar-refractivity contribution in [1.82, 2.24) is 14.9 Å². The Labute approximate surface area is 111 Å². The summed E-state index contributed by atoms with van der Waals surface area (Å²) in [5.74, 6) is 0.151. The van der Waals surface area contributed by atoms with E-state index in [1.807, 2.05) is 30.3 Å². The third-order valence-corrected chi connectivity index (χ3v) is 3.02. The lowest BCUT2D eigenvalue weighted by Crippen LogP contribution is -2.30. The molecule has 2 rings (SSSR count). The Balaban J connectivity index is 2.13. The van der Waals surface area contributed by atoms with E-state index in [4.69, 9.17) is 11.6 Å². The number of nitrogens with zero attached hydrogens (tertiary/aromatic N) is 2. The molecule has 1 aromatic heterocycles. The molecule has 0 fully saturated rings. The number of benzene rings is 1. The molecular weight excluding hydrogens is 250 g/mol. The van der Waals surface area contributed by atoms with Crippen LogP contribution < -0.4 is 5.32 Å². The van der Waals surface area contributed by atoms with Crippen molar-refractivity contribution < 1.29 is 4.79 Å². The maximum absolute atomic E-state index is 12.0. The lowest BCUT2D eigenvalue weighted by atomic mass is 10.1. The Kier molecular flexibility index (Phi) is 3.99. The van der Waals surface area contributed by atoms with Crippen molar-refractivity contribution >= 4 is 17.5 Å². The Morgan fingerprint density at radius 2 is 2.17 bits per heavy atom. The van der Waals surface area contributed by atoms with E-state index in [0.717, 1.165) is 5.56 Å². The summed E-state index contributed by atoms with van der Waals surface area (Å²) >= 11 is 5.91. The van der Waals surface area contributed by atoms with Crippen LogP contribution in [0.25, 0.3) is 0 Å². The number of nitrogens with one attached hydrogen (secondary N) is 1. The van der Waals surface area contributed by atoms with Gasteiger partial charge in [0.25, 0.3) is 5.91 Å². The number of alkyl halides is 1. The molecule has 0 aliphatic carbocycles. The van der Waals surface area contributed by atoms with E-state index in [9.17, 15) is 4.79 Å². The van der Waals surface area contributed by atoms with E-state index < -0.39 is 0 Å². The number of hydrogen-bond acceptors (Lipinski definition) is 2. The highest BCUT2D eigenvalue weighted by Crippen LogP contribution is 2.14. The smallest absolute Gasteiger partial charge is 0.270 e. The van der Waals surface area contributed by atoms with Crippen LogP contribution in [0.5, 0.6) is 0 Å². The molecule has 1 unspecified atom stereocenters. The van der Waals surface area contributed by atoms with Crippen LogP contribution in [-0.2, 0) is 7.05 Å². The summed E-state index contributed by atoms with van der Waals surface area (Å²) in [5, 5.41) is 2.89. The molecule has 5 heteroatoms. The van der Waals surface area contributed by atoms with Gasteiger partial charge in [0.2, 0.25) is 0 Å². The van der Waals surface area contributed by atoms with Crippen molar-refractivity contribution in [3.8, 4) is 0 Å². The topological polar surface area (TPSA) is 46.9 Å². The molecule has 0 radical (unpaired) electrons. The zero-order chi connectivity index (χ0) is 13.0. The van der Waals surface area contributed by atoms with Crippen LogP contribution in [0.15, 0.2) is 42.9 Å². The van der Waals surface area contributed by atoms with E-state index in [0.29, 0.717) is 11.6 Å². The van der Waals surface area contributed by atoms with Gasteiger partial charge in [-0.15, -0.1) is 11.6 Å². The Morgan fingerprint density at radius 1 is 1.44 bits per heavy atom. The fourth-order valence-electron chi connectivity index (χ4n) is 1.70. The molecule has 1 atom stereocenters. The van der Waals surface area contributed by atoms with E-state index in [2.05, 4.69) is 10.3 Å². The van der Waals surface area contributed by atoms with Crippen molar-refractivity contribution in [1.29, 1.82) is 0 Å². The SMILES string of the molecule is Cn1cncc1C(=O)NC(CCl)c1ccccc1. The number of imidazole rings is 1. The standard InChI is InChI=1S/C13H14ClN3O/c1-17-9-15-8-12(17)13(18)16-11(7-14)10-5-3-2-4-6-10/h2-6,8-9,11H,7H2,1H3,(H,16,18). The first-order valence-corrected chi connectivity index (χ1v) is 6.14. The minimum atomic E-state index is -0.199. The Bertz CT molecular complexity index is 524. The van der Waals surface area contributed by atoms with Crippen LogP contribution >= 0.6 is 11.6 Å². The van der Waals surface area contributed by atoms with E-state index in [1.165, 1.54) is 6.20 Å². The van der Waals surface area contributed by atoms with Gasteiger partial charge in [-0.1, -0.05) is 30.3 Å². The van der Waals surface area contributed by atoms with Crippen LogP contribution in [0.4, 0.5) is 0 Å². The fourth-order valence-corrected chi connectivity index (χ4v) is 1.96. The van der Waals surface area contributed by atoms with Gasteiger partial charge in [0.15, 0.2) is 0 Å². The Hall–Kier alpha value is -1.81. The van der Waals surface area contributed by atoms with Gasteiger partial charge in [-0.2, -0.15) is 0 Å². The molecule has 18 heavy (non-hydrogen) atoms. The zero-order valence-corrected chi connectivity index (χ0v) is 10.8. The van der Waals surface area contributed by atoms with E-state index in [1.54, 1.807) is 17.9 Å². The third-order valence-electron chi connectivity index (χ3n) is 2.71. The molecule has 1 heterocycles. The Morgan fingerprint density at radius 3 is 2.72 bits per heavy atom. The third kappa shape index (κ3) is 2.71. The summed E-state index contributed by atoms with van der Waals surface area (Å²) in [6.07, 6.45) is 3.12. The average Bonchev–Trinajstić information content (AvgIpc) is 2.83. The second kappa shape index (κ2) is 5.69. The van der Waals surface area contributed by atoms with Gasteiger partial charge in [0, 0.05) is 12.9 Å². The summed E-state index contributed by atoms with van der Waals surface area (Å²) in [6.45, 7) is 0. The van der Waals surface area contributed by atoms with E-state index in [-0.39, 0.29) is 11.9 Å². The molecule has 1 amide bonds. The number of amides is 1. The summed E-state index contributed by atoms with van der Waals surface area (Å²) in [7, 11) is 1.78. The predicted octanol–water partition coefficient (Wildman–Crippen LogP) is 2.13. The molecule has 0 saturated carbocycles. The molecule has 0 bridgehead atoms. The lowest BCUT2D eigenvalue weighted by molar-refractivity contribution is 0.0932. The number of hydrogen-bond donors (Lipinski definition) is 1. The number of aryl methyl sites for hydroxylation is 1. The maximum Gasteiger partial charge on any atom is 0.270 e. The highest BCUT2D eigenvalue weighted by atomic mass is 35.5. The summed E-state index contributed by atoms with van der Waals surface area (Å²) < 4.78 is 1.67. The minimum absolute atomic E-state index is 0.176. The number of rotatable bonds is 4. The minimum Gasteiger partial charge on any atom is -0.343 e. The van der Waals surface area contributed by atoms with Crippen LogP contribution in [0, 0.1) is 0 Å².